The van der Waals surface area contributed by atoms with Crippen LogP contribution in [0.25, 0.3) is 21.8 Å². The van der Waals surface area contributed by atoms with Crippen molar-refractivity contribution in [3.63, 3.8) is 0 Å². The van der Waals surface area contributed by atoms with Gasteiger partial charge in [-0.15, -0.1) is 0 Å². The van der Waals surface area contributed by atoms with Crippen molar-refractivity contribution in [3.05, 3.63) is 73.6 Å². The van der Waals surface area contributed by atoms with Crippen molar-refractivity contribution >= 4 is 33.7 Å². The van der Waals surface area contributed by atoms with E-state index in [0.29, 0.717) is 0 Å². The Bertz CT molecular complexity index is 810. The monoisotopic (exact) mass is 350 g/mol. The van der Waals surface area contributed by atoms with E-state index in [2.05, 4.69) is 19.9 Å². The third kappa shape index (κ3) is 5.60. The molecule has 2 heterocycles. The first kappa shape index (κ1) is 18.4. The first-order valence-corrected chi connectivity index (χ1v) is 7.33. The van der Waals surface area contributed by atoms with Crippen LogP contribution < -0.4 is 0 Å². The Hall–Kier alpha value is -3.94. The maximum atomic E-state index is 9.10. The van der Waals surface area contributed by atoms with E-state index in [0.717, 1.165) is 21.8 Å². The molecule has 0 atom stereocenters. The Balaban J connectivity index is 0.000000146. The second-order valence-corrected chi connectivity index (χ2v) is 4.77. The minimum Gasteiger partial charge on any atom is -0.473 e. The highest BCUT2D eigenvalue weighted by Gasteiger charge is 2.04. The van der Waals surface area contributed by atoms with E-state index in [1.54, 1.807) is 12.7 Å². The van der Waals surface area contributed by atoms with E-state index in [9.17, 15) is 0 Å². The van der Waals surface area contributed by atoms with Crippen LogP contribution in [0.4, 0.5) is 0 Å². The second kappa shape index (κ2) is 9.38. The van der Waals surface area contributed by atoms with E-state index < -0.39 is 11.9 Å². The zero-order chi connectivity index (χ0) is 18.8. The third-order valence-corrected chi connectivity index (χ3v) is 3.01. The summed E-state index contributed by atoms with van der Waals surface area (Å²) in [7, 11) is 0. The van der Waals surface area contributed by atoms with E-state index in [1.807, 2.05) is 60.9 Å². The summed E-state index contributed by atoms with van der Waals surface area (Å²) < 4.78 is 0. The number of para-hydroxylation sites is 2. The lowest BCUT2D eigenvalue weighted by atomic mass is 10.2. The zero-order valence-corrected chi connectivity index (χ0v) is 13.4. The molecule has 0 fully saturated rings. The summed E-state index contributed by atoms with van der Waals surface area (Å²) in [5.74, 6) is -3.65. The fourth-order valence-electron chi connectivity index (χ4n) is 1.85. The fraction of sp³-hybridized carbons (Fsp3) is 0. The van der Waals surface area contributed by atoms with Gasteiger partial charge in [0, 0.05) is 23.2 Å². The SMILES string of the molecule is O=C(O)C(=O)O.c1ccc2ncncc2c1.c1ccc2ncncc2c1. The van der Waals surface area contributed by atoms with Gasteiger partial charge >= 0.3 is 11.9 Å². The van der Waals surface area contributed by atoms with Gasteiger partial charge in [-0.3, -0.25) is 0 Å². The number of carbonyl (C=O) groups is 2. The first-order valence-electron chi connectivity index (χ1n) is 7.33. The topological polar surface area (TPSA) is 126 Å². The Morgan fingerprint density at radius 2 is 1.04 bits per heavy atom. The fourth-order valence-corrected chi connectivity index (χ4v) is 1.85. The average Bonchev–Trinajstić information content (AvgIpc) is 2.69. The van der Waals surface area contributed by atoms with Gasteiger partial charge in [-0.05, 0) is 12.1 Å². The Morgan fingerprint density at radius 1 is 0.654 bits per heavy atom. The number of aromatic nitrogens is 4. The summed E-state index contributed by atoms with van der Waals surface area (Å²) in [6.45, 7) is 0. The molecule has 0 aliphatic heterocycles. The highest BCUT2D eigenvalue weighted by atomic mass is 16.4. The van der Waals surface area contributed by atoms with E-state index >= 15 is 0 Å². The lowest BCUT2D eigenvalue weighted by molar-refractivity contribution is -0.159. The van der Waals surface area contributed by atoms with Crippen LogP contribution in [0.5, 0.6) is 0 Å². The Labute approximate surface area is 147 Å². The number of carboxylic acid groups (broad SMARTS) is 2. The number of carboxylic acids is 2. The van der Waals surface area contributed by atoms with Gasteiger partial charge < -0.3 is 10.2 Å². The van der Waals surface area contributed by atoms with Gasteiger partial charge in [-0.2, -0.15) is 0 Å². The lowest BCUT2D eigenvalue weighted by Crippen LogP contribution is -2.09. The van der Waals surface area contributed by atoms with Crippen molar-refractivity contribution in [1.82, 2.24) is 19.9 Å². The maximum absolute atomic E-state index is 9.10. The molecule has 0 aliphatic carbocycles. The third-order valence-electron chi connectivity index (χ3n) is 3.01. The highest BCUT2D eigenvalue weighted by Crippen LogP contribution is 2.07. The predicted molar refractivity (Wildman–Crippen MR) is 94.3 cm³/mol. The van der Waals surface area contributed by atoms with Gasteiger partial charge in [0.05, 0.1) is 11.0 Å². The van der Waals surface area contributed by atoms with E-state index in [4.69, 9.17) is 19.8 Å². The van der Waals surface area contributed by atoms with Crippen molar-refractivity contribution in [2.24, 2.45) is 0 Å². The van der Waals surface area contributed by atoms with Crippen LogP contribution in [0.3, 0.4) is 0 Å². The maximum Gasteiger partial charge on any atom is 0.414 e. The standard InChI is InChI=1S/2C8H6N2.C2H2O4/c2*1-2-4-8-7(3-1)5-9-6-10-8;3-1(4)2(5)6/h2*1-6H;(H,3,4)(H,5,6). The molecule has 0 amide bonds. The summed E-state index contributed by atoms with van der Waals surface area (Å²) in [5.41, 5.74) is 2.00. The smallest absolute Gasteiger partial charge is 0.414 e. The van der Waals surface area contributed by atoms with Gasteiger partial charge in [0.25, 0.3) is 0 Å². The van der Waals surface area contributed by atoms with Crippen molar-refractivity contribution in [2.75, 3.05) is 0 Å². The molecule has 0 radical (unpaired) electrons. The van der Waals surface area contributed by atoms with Crippen molar-refractivity contribution < 1.29 is 19.8 Å². The number of rotatable bonds is 0. The summed E-state index contributed by atoms with van der Waals surface area (Å²) in [4.78, 5) is 34.1. The van der Waals surface area contributed by atoms with Crippen LogP contribution in [-0.4, -0.2) is 42.1 Å². The van der Waals surface area contributed by atoms with Crippen LogP contribution in [0, 0.1) is 0 Å². The molecular weight excluding hydrogens is 336 g/mol. The molecule has 0 aliphatic rings. The molecule has 0 saturated heterocycles. The average molecular weight is 350 g/mol. The van der Waals surface area contributed by atoms with Gasteiger partial charge in [-0.25, -0.2) is 29.5 Å². The Morgan fingerprint density at radius 3 is 1.38 bits per heavy atom. The van der Waals surface area contributed by atoms with Crippen LogP contribution in [-0.2, 0) is 9.59 Å². The molecule has 0 bridgehead atoms. The molecule has 130 valence electrons. The van der Waals surface area contributed by atoms with Gasteiger partial charge in [-0.1, -0.05) is 36.4 Å². The van der Waals surface area contributed by atoms with Gasteiger partial charge in [0.1, 0.15) is 12.7 Å². The van der Waals surface area contributed by atoms with Gasteiger partial charge in [0.2, 0.25) is 0 Å². The zero-order valence-electron chi connectivity index (χ0n) is 13.4. The molecule has 8 heteroatoms. The molecule has 8 nitrogen and oxygen atoms in total. The van der Waals surface area contributed by atoms with Gasteiger partial charge in [0.15, 0.2) is 0 Å². The van der Waals surface area contributed by atoms with Crippen molar-refractivity contribution in [1.29, 1.82) is 0 Å². The van der Waals surface area contributed by atoms with Crippen molar-refractivity contribution in [2.45, 2.75) is 0 Å². The van der Waals surface area contributed by atoms with Crippen molar-refractivity contribution in [3.8, 4) is 0 Å². The number of hydrogen-bond acceptors (Lipinski definition) is 6. The van der Waals surface area contributed by atoms with E-state index in [1.165, 1.54) is 0 Å². The Kier molecular flexibility index (Phi) is 6.64. The van der Waals surface area contributed by atoms with Crippen LogP contribution in [0.15, 0.2) is 73.6 Å². The quantitative estimate of drug-likeness (QED) is 0.463. The number of hydrogen-bond donors (Lipinski definition) is 2. The van der Waals surface area contributed by atoms with Crippen LogP contribution in [0.2, 0.25) is 0 Å². The normalized spacial score (nSPS) is 9.38. The van der Waals surface area contributed by atoms with Crippen LogP contribution in [0.1, 0.15) is 0 Å². The molecule has 4 aromatic rings. The molecule has 2 aromatic carbocycles. The lowest BCUT2D eigenvalue weighted by Gasteiger charge is -1.90. The first-order chi connectivity index (χ1) is 12.6. The predicted octanol–water partition coefficient (Wildman–Crippen LogP) is 2.42. The molecule has 0 unspecified atom stereocenters. The molecule has 26 heavy (non-hydrogen) atoms. The molecular formula is C18H14N4O4. The number of fused-ring (bicyclic) bond motifs is 2. The molecule has 4 rings (SSSR count). The van der Waals surface area contributed by atoms with Crippen LogP contribution >= 0.6 is 0 Å². The number of aliphatic carboxylic acids is 2. The molecule has 0 spiro atoms. The number of nitrogens with zero attached hydrogens (tertiary/aromatic N) is 4. The summed E-state index contributed by atoms with van der Waals surface area (Å²) in [6.07, 6.45) is 6.73. The summed E-state index contributed by atoms with van der Waals surface area (Å²) >= 11 is 0. The summed E-state index contributed by atoms with van der Waals surface area (Å²) in [5, 5.41) is 17.0. The second-order valence-electron chi connectivity index (χ2n) is 4.77. The minimum absolute atomic E-state index is 0.998. The van der Waals surface area contributed by atoms with E-state index in [-0.39, 0.29) is 0 Å². The minimum atomic E-state index is -1.82. The molecule has 0 saturated carbocycles. The number of benzene rings is 2. The summed E-state index contributed by atoms with van der Waals surface area (Å²) in [6, 6.07) is 15.8. The molecule has 2 aromatic heterocycles. The highest BCUT2D eigenvalue weighted by molar-refractivity contribution is 6.27. The largest absolute Gasteiger partial charge is 0.473 e. The molecule has 2 N–H and O–H groups in total.